The monoisotopic (exact) mass is 345 g/mol. The van der Waals surface area contributed by atoms with Crippen LogP contribution in [0.15, 0.2) is 24.5 Å². The Bertz CT molecular complexity index is 641. The van der Waals surface area contributed by atoms with Crippen LogP contribution in [0, 0.1) is 0 Å². The van der Waals surface area contributed by atoms with Gasteiger partial charge in [0.2, 0.25) is 0 Å². The first-order chi connectivity index (χ1) is 12.3. The highest BCUT2D eigenvalue weighted by Crippen LogP contribution is 2.28. The summed E-state index contributed by atoms with van der Waals surface area (Å²) in [5.41, 5.74) is 1.13. The summed E-state index contributed by atoms with van der Waals surface area (Å²) in [5, 5.41) is 10.2. The summed E-state index contributed by atoms with van der Waals surface area (Å²) in [6.45, 7) is 6.81. The van der Waals surface area contributed by atoms with E-state index in [-0.39, 0.29) is 6.04 Å². The number of aromatic amines is 1. The Morgan fingerprint density at radius 1 is 1.28 bits per heavy atom. The van der Waals surface area contributed by atoms with Crippen LogP contribution in [0.4, 0.5) is 0 Å². The lowest BCUT2D eigenvalue weighted by molar-refractivity contribution is 0.230. The Morgan fingerprint density at radius 3 is 2.84 bits per heavy atom. The Balaban J connectivity index is 1.51. The molecular weight excluding hydrogens is 318 g/mol. The average molecular weight is 345 g/mol. The van der Waals surface area contributed by atoms with E-state index in [4.69, 9.17) is 9.47 Å². The zero-order valence-electron chi connectivity index (χ0n) is 15.0. The van der Waals surface area contributed by atoms with Gasteiger partial charge >= 0.3 is 0 Å². The van der Waals surface area contributed by atoms with E-state index in [2.05, 4.69) is 31.5 Å². The van der Waals surface area contributed by atoms with E-state index in [0.29, 0.717) is 13.2 Å². The molecule has 2 N–H and O–H groups in total. The van der Waals surface area contributed by atoms with Crippen molar-refractivity contribution >= 4 is 0 Å². The number of hydrogen-bond acceptors (Lipinski definition) is 6. The third-order valence-electron chi connectivity index (χ3n) is 4.55. The third-order valence-corrected chi connectivity index (χ3v) is 4.55. The number of ether oxygens (including phenoxy) is 2. The van der Waals surface area contributed by atoms with Crippen molar-refractivity contribution in [1.29, 1.82) is 0 Å². The SMILES string of the molecule is COc1cc(CN[C@H](C)c2ncn[nH]2)ccc1OCCN1CCCC1. The molecule has 2 aromatic rings. The minimum Gasteiger partial charge on any atom is -0.493 e. The molecule has 2 heterocycles. The minimum atomic E-state index is 0.102. The second-order valence-corrected chi connectivity index (χ2v) is 6.36. The summed E-state index contributed by atoms with van der Waals surface area (Å²) in [5.74, 6) is 2.40. The third kappa shape index (κ3) is 4.93. The normalized spacial score (nSPS) is 16.1. The summed E-state index contributed by atoms with van der Waals surface area (Å²) in [4.78, 5) is 6.60. The van der Waals surface area contributed by atoms with Crippen molar-refractivity contribution in [1.82, 2.24) is 25.4 Å². The van der Waals surface area contributed by atoms with Gasteiger partial charge in [0, 0.05) is 13.1 Å². The van der Waals surface area contributed by atoms with Gasteiger partial charge in [0.15, 0.2) is 11.5 Å². The van der Waals surface area contributed by atoms with Crippen LogP contribution < -0.4 is 14.8 Å². The molecule has 0 spiro atoms. The molecule has 0 amide bonds. The number of nitrogens with zero attached hydrogens (tertiary/aromatic N) is 3. The van der Waals surface area contributed by atoms with Crippen LogP contribution in [0.5, 0.6) is 11.5 Å². The highest BCUT2D eigenvalue weighted by molar-refractivity contribution is 5.43. The number of benzene rings is 1. The Morgan fingerprint density at radius 2 is 2.12 bits per heavy atom. The van der Waals surface area contributed by atoms with E-state index in [9.17, 15) is 0 Å². The van der Waals surface area contributed by atoms with Crippen molar-refractivity contribution < 1.29 is 9.47 Å². The predicted molar refractivity (Wildman–Crippen MR) is 95.8 cm³/mol. The molecule has 1 aromatic heterocycles. The fraction of sp³-hybridized carbons (Fsp3) is 0.556. The molecule has 1 saturated heterocycles. The first-order valence-electron chi connectivity index (χ1n) is 8.87. The van der Waals surface area contributed by atoms with Crippen LogP contribution in [0.2, 0.25) is 0 Å². The second kappa shape index (κ2) is 8.82. The van der Waals surface area contributed by atoms with E-state index in [1.807, 2.05) is 19.1 Å². The van der Waals surface area contributed by atoms with Crippen molar-refractivity contribution in [3.63, 3.8) is 0 Å². The van der Waals surface area contributed by atoms with Crippen molar-refractivity contribution in [2.45, 2.75) is 32.4 Å². The lowest BCUT2D eigenvalue weighted by Crippen LogP contribution is -2.25. The summed E-state index contributed by atoms with van der Waals surface area (Å²) < 4.78 is 11.4. The molecule has 1 aromatic carbocycles. The molecular formula is C18H27N5O2. The number of nitrogens with one attached hydrogen (secondary N) is 2. The van der Waals surface area contributed by atoms with Crippen molar-refractivity contribution in [3.8, 4) is 11.5 Å². The molecule has 0 unspecified atom stereocenters. The van der Waals surface area contributed by atoms with Gasteiger partial charge in [0.25, 0.3) is 0 Å². The highest BCUT2D eigenvalue weighted by atomic mass is 16.5. The average Bonchev–Trinajstić information content (AvgIpc) is 3.34. The minimum absolute atomic E-state index is 0.102. The predicted octanol–water partition coefficient (Wildman–Crippen LogP) is 2.14. The second-order valence-electron chi connectivity index (χ2n) is 6.36. The number of likely N-dealkylation sites (tertiary alicyclic amines) is 1. The smallest absolute Gasteiger partial charge is 0.161 e. The van der Waals surface area contributed by atoms with Crippen LogP contribution >= 0.6 is 0 Å². The van der Waals surface area contributed by atoms with E-state index in [1.165, 1.54) is 32.3 Å². The number of methoxy groups -OCH3 is 1. The standard InChI is InChI=1S/C18H27N5O2/c1-14(18-20-13-21-22-18)19-12-15-5-6-16(17(11-15)24-2)25-10-9-23-7-3-4-8-23/h5-6,11,13-14,19H,3-4,7-10,12H2,1-2H3,(H,20,21,22)/t14-/m1/s1. The molecule has 1 atom stereocenters. The molecule has 1 aliphatic rings. The van der Waals surface area contributed by atoms with Gasteiger partial charge in [-0.15, -0.1) is 0 Å². The van der Waals surface area contributed by atoms with Gasteiger partial charge in [-0.3, -0.25) is 10.00 Å². The molecule has 3 rings (SSSR count). The van der Waals surface area contributed by atoms with Crippen LogP contribution in [0.25, 0.3) is 0 Å². The number of hydrogen-bond donors (Lipinski definition) is 2. The van der Waals surface area contributed by atoms with Gasteiger partial charge in [-0.2, -0.15) is 5.10 Å². The van der Waals surface area contributed by atoms with Crippen molar-refractivity contribution in [2.24, 2.45) is 0 Å². The lowest BCUT2D eigenvalue weighted by atomic mass is 10.2. The van der Waals surface area contributed by atoms with Crippen molar-refractivity contribution in [3.05, 3.63) is 35.9 Å². The topological polar surface area (TPSA) is 75.3 Å². The maximum Gasteiger partial charge on any atom is 0.161 e. The molecule has 136 valence electrons. The molecule has 7 nitrogen and oxygen atoms in total. The first kappa shape index (κ1) is 17.7. The fourth-order valence-electron chi connectivity index (χ4n) is 3.02. The van der Waals surface area contributed by atoms with Crippen LogP contribution in [-0.4, -0.2) is 53.4 Å². The van der Waals surface area contributed by atoms with E-state index in [0.717, 1.165) is 29.4 Å². The lowest BCUT2D eigenvalue weighted by Gasteiger charge is -2.17. The van der Waals surface area contributed by atoms with Crippen LogP contribution in [0.3, 0.4) is 0 Å². The maximum atomic E-state index is 5.92. The zero-order chi connectivity index (χ0) is 17.5. The molecule has 0 saturated carbocycles. The quantitative estimate of drug-likeness (QED) is 0.725. The van der Waals surface area contributed by atoms with Crippen LogP contribution in [0.1, 0.15) is 37.2 Å². The highest BCUT2D eigenvalue weighted by Gasteiger charge is 2.12. The fourth-order valence-corrected chi connectivity index (χ4v) is 3.02. The van der Waals surface area contributed by atoms with Crippen molar-refractivity contribution in [2.75, 3.05) is 33.4 Å². The molecule has 1 aliphatic heterocycles. The van der Waals surface area contributed by atoms with Gasteiger partial charge in [-0.25, -0.2) is 4.98 Å². The summed E-state index contributed by atoms with van der Waals surface area (Å²) in [6.07, 6.45) is 4.12. The van der Waals surface area contributed by atoms with Crippen LogP contribution in [-0.2, 0) is 6.54 Å². The first-order valence-corrected chi connectivity index (χ1v) is 8.87. The Labute approximate surface area is 148 Å². The summed E-state index contributed by atoms with van der Waals surface area (Å²) in [7, 11) is 1.68. The Kier molecular flexibility index (Phi) is 6.25. The van der Waals surface area contributed by atoms with E-state index < -0.39 is 0 Å². The van der Waals surface area contributed by atoms with Gasteiger partial charge in [-0.1, -0.05) is 6.07 Å². The molecule has 7 heteroatoms. The Hall–Kier alpha value is -2.12. The molecule has 0 bridgehead atoms. The molecule has 1 fully saturated rings. The number of aromatic nitrogens is 3. The molecule has 25 heavy (non-hydrogen) atoms. The van der Waals surface area contributed by atoms with E-state index in [1.54, 1.807) is 7.11 Å². The van der Waals surface area contributed by atoms with Gasteiger partial charge < -0.3 is 14.8 Å². The maximum absolute atomic E-state index is 5.92. The van der Waals surface area contributed by atoms with Gasteiger partial charge in [0.1, 0.15) is 18.8 Å². The van der Waals surface area contributed by atoms with E-state index >= 15 is 0 Å². The zero-order valence-corrected chi connectivity index (χ0v) is 15.0. The molecule has 0 aliphatic carbocycles. The van der Waals surface area contributed by atoms with Gasteiger partial charge in [0.05, 0.1) is 13.2 Å². The number of rotatable bonds is 9. The summed E-state index contributed by atoms with van der Waals surface area (Å²) >= 11 is 0. The summed E-state index contributed by atoms with van der Waals surface area (Å²) in [6, 6.07) is 6.17. The molecule has 0 radical (unpaired) electrons. The number of H-pyrrole nitrogens is 1. The largest absolute Gasteiger partial charge is 0.493 e. The van der Waals surface area contributed by atoms with Gasteiger partial charge in [-0.05, 0) is 50.6 Å².